The molecule has 8 nitrogen and oxygen atoms in total. The first kappa shape index (κ1) is 34.4. The summed E-state index contributed by atoms with van der Waals surface area (Å²) in [4.78, 5) is 40.0. The summed E-state index contributed by atoms with van der Waals surface area (Å²) >= 11 is 0. The van der Waals surface area contributed by atoms with E-state index in [1.165, 1.54) is 18.6 Å². The van der Waals surface area contributed by atoms with Crippen molar-refractivity contribution in [1.29, 1.82) is 0 Å². The van der Waals surface area contributed by atoms with Crippen LogP contribution in [-0.4, -0.2) is 43.3 Å². The highest BCUT2D eigenvalue weighted by Crippen LogP contribution is 2.31. The average Bonchev–Trinajstić information content (AvgIpc) is 2.90. The minimum Gasteiger partial charge on any atom is -0.483 e. The summed E-state index contributed by atoms with van der Waals surface area (Å²) in [5, 5.41) is 8.84. The van der Waals surface area contributed by atoms with E-state index in [-0.39, 0.29) is 34.9 Å². The van der Waals surface area contributed by atoms with Crippen molar-refractivity contribution in [2.75, 3.05) is 29.9 Å². The smallest absolute Gasteiger partial charge is 0.262 e. The van der Waals surface area contributed by atoms with Gasteiger partial charge in [0.1, 0.15) is 5.75 Å². The highest BCUT2D eigenvalue weighted by atomic mass is 16.5. The molecule has 1 atom stereocenters. The summed E-state index contributed by atoms with van der Waals surface area (Å²) < 4.78 is 6.06. The standard InChI is InChI=1S/C36H50N4O4/c1-10-40(11-2)28-15-13-27(14-16-28)38-29-19-31(37-24(3)41)32(42)20-30(29)39-34(43)23-44-33-17-12-25(21-35(4,5)6)18-26(33)22-36(7,8)9/h12-20,29,38H,10-11,21-23H2,1-9H3,(H,37,41)(H,39,43)/t29-/m0/s1. The number of anilines is 2. The number of hydrogen-bond acceptors (Lipinski definition) is 6. The minimum atomic E-state index is -0.564. The molecule has 0 saturated heterocycles. The van der Waals surface area contributed by atoms with Gasteiger partial charge in [0.2, 0.25) is 11.7 Å². The topological polar surface area (TPSA) is 99.8 Å². The van der Waals surface area contributed by atoms with Crippen LogP contribution in [0.5, 0.6) is 5.75 Å². The van der Waals surface area contributed by atoms with Crippen molar-refractivity contribution in [3.05, 3.63) is 77.1 Å². The van der Waals surface area contributed by atoms with Crippen molar-refractivity contribution in [1.82, 2.24) is 10.6 Å². The van der Waals surface area contributed by atoms with E-state index in [1.54, 1.807) is 6.08 Å². The fourth-order valence-electron chi connectivity index (χ4n) is 5.26. The van der Waals surface area contributed by atoms with E-state index in [9.17, 15) is 14.4 Å². The predicted molar refractivity (Wildman–Crippen MR) is 179 cm³/mol. The molecule has 3 rings (SSSR count). The normalized spacial score (nSPS) is 15.2. The van der Waals surface area contributed by atoms with Gasteiger partial charge >= 0.3 is 0 Å². The molecule has 8 heteroatoms. The monoisotopic (exact) mass is 602 g/mol. The molecule has 0 unspecified atom stereocenters. The summed E-state index contributed by atoms with van der Waals surface area (Å²) in [5.74, 6) is -0.448. The van der Waals surface area contributed by atoms with Crippen LogP contribution in [0, 0.1) is 10.8 Å². The van der Waals surface area contributed by atoms with Crippen LogP contribution in [0.1, 0.15) is 73.4 Å². The molecule has 3 N–H and O–H groups in total. The van der Waals surface area contributed by atoms with E-state index >= 15 is 0 Å². The second-order valence-electron chi connectivity index (χ2n) is 13.8. The Morgan fingerprint density at radius 1 is 0.886 bits per heavy atom. The molecular weight excluding hydrogens is 552 g/mol. The maximum absolute atomic E-state index is 13.2. The molecule has 2 amide bonds. The molecule has 0 aliphatic heterocycles. The Bertz CT molecular complexity index is 1390. The van der Waals surface area contributed by atoms with Crippen LogP contribution in [0.25, 0.3) is 0 Å². The molecule has 0 heterocycles. The maximum Gasteiger partial charge on any atom is 0.262 e. The first-order chi connectivity index (χ1) is 20.6. The van der Waals surface area contributed by atoms with E-state index in [0.717, 1.165) is 42.9 Å². The lowest BCUT2D eigenvalue weighted by Gasteiger charge is -2.26. The lowest BCUT2D eigenvalue weighted by atomic mass is 9.84. The molecule has 2 aromatic carbocycles. The fourth-order valence-corrected chi connectivity index (χ4v) is 5.26. The Morgan fingerprint density at radius 2 is 1.52 bits per heavy atom. The SMILES string of the molecule is CCN(CC)c1ccc(N[C@H]2C=C(NC(C)=O)C(=O)C=C2NC(=O)COc2ccc(CC(C)(C)C)cc2CC(C)(C)C)cc1. The van der Waals surface area contributed by atoms with E-state index in [2.05, 4.69) is 88.4 Å². The number of amides is 2. The van der Waals surface area contributed by atoms with Crippen LogP contribution in [0.15, 0.2) is 66.0 Å². The molecule has 0 bridgehead atoms. The predicted octanol–water partition coefficient (Wildman–Crippen LogP) is 6.17. The van der Waals surface area contributed by atoms with E-state index in [4.69, 9.17) is 4.74 Å². The highest BCUT2D eigenvalue weighted by Gasteiger charge is 2.25. The van der Waals surface area contributed by atoms with Gasteiger partial charge in [-0.1, -0.05) is 53.7 Å². The zero-order chi connectivity index (χ0) is 32.7. The molecule has 1 aliphatic carbocycles. The van der Waals surface area contributed by atoms with Gasteiger partial charge < -0.3 is 25.6 Å². The van der Waals surface area contributed by atoms with Gasteiger partial charge in [0.15, 0.2) is 6.61 Å². The molecule has 0 radical (unpaired) electrons. The number of nitrogens with zero attached hydrogens (tertiary/aromatic N) is 1. The van der Waals surface area contributed by atoms with Gasteiger partial charge in [-0.2, -0.15) is 0 Å². The van der Waals surface area contributed by atoms with Gasteiger partial charge in [-0.25, -0.2) is 0 Å². The van der Waals surface area contributed by atoms with E-state index in [0.29, 0.717) is 11.4 Å². The Kier molecular flexibility index (Phi) is 11.4. The van der Waals surface area contributed by atoms with Crippen LogP contribution in [0.2, 0.25) is 0 Å². The molecule has 44 heavy (non-hydrogen) atoms. The lowest BCUT2D eigenvalue weighted by molar-refractivity contribution is -0.122. The minimum absolute atomic E-state index is 0.0361. The summed E-state index contributed by atoms with van der Waals surface area (Å²) in [7, 11) is 0. The van der Waals surface area contributed by atoms with Gasteiger partial charge in [0.25, 0.3) is 5.91 Å². The summed E-state index contributed by atoms with van der Waals surface area (Å²) in [6, 6.07) is 13.6. The summed E-state index contributed by atoms with van der Waals surface area (Å²) in [6.07, 6.45) is 4.70. The summed E-state index contributed by atoms with van der Waals surface area (Å²) in [6.45, 7) is 20.3. The van der Waals surface area contributed by atoms with Crippen molar-refractivity contribution in [3.63, 3.8) is 0 Å². The zero-order valence-electron chi connectivity index (χ0n) is 27.9. The van der Waals surface area contributed by atoms with Crippen molar-refractivity contribution in [2.45, 2.75) is 81.2 Å². The number of nitrogens with one attached hydrogen (secondary N) is 3. The van der Waals surface area contributed by atoms with Gasteiger partial charge in [-0.05, 0) is 85.1 Å². The number of hydrogen-bond donors (Lipinski definition) is 3. The zero-order valence-corrected chi connectivity index (χ0v) is 27.9. The second-order valence-corrected chi connectivity index (χ2v) is 13.8. The Balaban J connectivity index is 1.78. The fraction of sp³-hybridized carbons (Fsp3) is 0.472. The third-order valence-electron chi connectivity index (χ3n) is 7.07. The Labute approximate surface area is 263 Å². The number of allylic oxidation sites excluding steroid dienone is 1. The molecule has 2 aromatic rings. The van der Waals surface area contributed by atoms with Crippen LogP contribution in [-0.2, 0) is 27.2 Å². The van der Waals surface area contributed by atoms with Crippen LogP contribution in [0.4, 0.5) is 11.4 Å². The van der Waals surface area contributed by atoms with Crippen molar-refractivity contribution < 1.29 is 19.1 Å². The average molecular weight is 603 g/mol. The molecule has 0 aromatic heterocycles. The van der Waals surface area contributed by atoms with E-state index < -0.39 is 11.8 Å². The maximum atomic E-state index is 13.2. The first-order valence-electron chi connectivity index (χ1n) is 15.5. The Morgan fingerprint density at radius 3 is 2.09 bits per heavy atom. The van der Waals surface area contributed by atoms with Crippen LogP contribution < -0.4 is 25.6 Å². The lowest BCUT2D eigenvalue weighted by Crippen LogP contribution is -2.40. The molecule has 0 spiro atoms. The third kappa shape index (κ3) is 10.6. The molecular formula is C36H50N4O4. The van der Waals surface area contributed by atoms with Gasteiger partial charge in [-0.15, -0.1) is 0 Å². The van der Waals surface area contributed by atoms with Crippen LogP contribution in [0.3, 0.4) is 0 Å². The number of carbonyl (C=O) groups excluding carboxylic acids is 3. The second kappa shape index (κ2) is 14.6. The van der Waals surface area contributed by atoms with Gasteiger partial charge in [0.05, 0.1) is 11.7 Å². The quantitative estimate of drug-likeness (QED) is 0.269. The number of rotatable bonds is 12. The largest absolute Gasteiger partial charge is 0.483 e. The highest BCUT2D eigenvalue weighted by molar-refractivity contribution is 6.08. The molecule has 0 saturated carbocycles. The number of ether oxygens (including phenoxy) is 1. The van der Waals surface area contributed by atoms with E-state index in [1.807, 2.05) is 30.3 Å². The number of ketones is 1. The van der Waals surface area contributed by atoms with Crippen molar-refractivity contribution in [2.24, 2.45) is 10.8 Å². The molecule has 238 valence electrons. The van der Waals surface area contributed by atoms with Crippen molar-refractivity contribution >= 4 is 29.0 Å². The first-order valence-corrected chi connectivity index (χ1v) is 15.5. The molecule has 0 fully saturated rings. The number of benzene rings is 2. The van der Waals surface area contributed by atoms with Crippen molar-refractivity contribution in [3.8, 4) is 5.75 Å². The molecule has 1 aliphatic rings. The summed E-state index contributed by atoms with van der Waals surface area (Å²) in [5.41, 5.74) is 4.93. The van der Waals surface area contributed by atoms with Gasteiger partial charge in [-0.3, -0.25) is 14.4 Å². The van der Waals surface area contributed by atoms with Gasteiger partial charge in [0, 0.05) is 43.2 Å². The van der Waals surface area contributed by atoms with Crippen LogP contribution >= 0.6 is 0 Å². The third-order valence-corrected chi connectivity index (χ3v) is 7.07. The number of carbonyl (C=O) groups is 3. The Hall–Kier alpha value is -4.07.